The molecule has 0 aromatic heterocycles. The van der Waals surface area contributed by atoms with Crippen molar-refractivity contribution in [2.75, 3.05) is 6.61 Å². The van der Waals surface area contributed by atoms with E-state index in [1.54, 1.807) is 0 Å². The molecule has 182 valence electrons. The Balaban J connectivity index is 1.18. The van der Waals surface area contributed by atoms with Gasteiger partial charge in [0.2, 0.25) is 0 Å². The lowest BCUT2D eigenvalue weighted by Gasteiger charge is -2.57. The second-order valence-electron chi connectivity index (χ2n) is 12.7. The number of nitrogens with zero attached hydrogens (tertiary/aromatic N) is 1. The van der Waals surface area contributed by atoms with Crippen LogP contribution in [-0.4, -0.2) is 23.1 Å². The minimum atomic E-state index is -0.487. The van der Waals surface area contributed by atoms with Crippen molar-refractivity contribution in [2.24, 2.45) is 52.8 Å². The fourth-order valence-electron chi connectivity index (χ4n) is 9.61. The van der Waals surface area contributed by atoms with Gasteiger partial charge in [-0.05, 0) is 123 Å². The standard InChI is InChI=1S/C29H36FNO3/c1-28(33)9-7-19-16(13-28)3-5-21-20(19)8-10-29(2)26(21)22-12-23(22)27(29)24(32)15-34-25-6-4-18(30)11-17(25)14-31/h4,6,11,16,19-23,26-27,33H,3,5,7-10,12-13,15H2,1-2H3/t16-,19+,20-,21-,22-,23+,26-,27-,28-,29+/m1/s1. The summed E-state index contributed by atoms with van der Waals surface area (Å²) in [5.41, 5.74) is -0.306. The molecule has 5 saturated carbocycles. The van der Waals surface area contributed by atoms with Crippen LogP contribution in [0.4, 0.5) is 4.39 Å². The average Bonchev–Trinajstić information content (AvgIpc) is 3.50. The molecule has 1 aromatic rings. The number of carbonyl (C=O) groups is 1. The Morgan fingerprint density at radius 1 is 1.12 bits per heavy atom. The maximum absolute atomic E-state index is 13.5. The van der Waals surface area contributed by atoms with E-state index in [-0.39, 0.29) is 29.3 Å². The summed E-state index contributed by atoms with van der Waals surface area (Å²) in [6.45, 7) is 4.35. The molecule has 5 aliphatic carbocycles. The minimum Gasteiger partial charge on any atom is -0.484 e. The monoisotopic (exact) mass is 465 g/mol. The average molecular weight is 466 g/mol. The maximum atomic E-state index is 13.5. The first-order valence-electron chi connectivity index (χ1n) is 13.3. The van der Waals surface area contributed by atoms with Gasteiger partial charge in [-0.2, -0.15) is 5.26 Å². The number of nitriles is 1. The molecule has 34 heavy (non-hydrogen) atoms. The Labute approximate surface area is 201 Å². The fourth-order valence-corrected chi connectivity index (χ4v) is 9.61. The summed E-state index contributed by atoms with van der Waals surface area (Å²) in [6, 6.07) is 5.85. The molecule has 0 radical (unpaired) electrons. The number of rotatable bonds is 4. The summed E-state index contributed by atoms with van der Waals surface area (Å²) in [6.07, 6.45) is 9.02. The molecule has 0 heterocycles. The van der Waals surface area contributed by atoms with Crippen LogP contribution in [0.5, 0.6) is 5.75 Å². The molecule has 4 nitrogen and oxygen atoms in total. The molecule has 5 fully saturated rings. The first-order valence-corrected chi connectivity index (χ1v) is 13.3. The second kappa shape index (κ2) is 7.79. The van der Waals surface area contributed by atoms with Crippen LogP contribution in [-0.2, 0) is 4.79 Å². The van der Waals surface area contributed by atoms with Gasteiger partial charge in [0, 0.05) is 5.92 Å². The summed E-state index contributed by atoms with van der Waals surface area (Å²) >= 11 is 0. The molecular weight excluding hydrogens is 429 g/mol. The predicted octanol–water partition coefficient (Wildman–Crippen LogP) is 5.52. The molecule has 0 saturated heterocycles. The molecule has 5 heteroatoms. The van der Waals surface area contributed by atoms with E-state index in [9.17, 15) is 19.6 Å². The van der Waals surface area contributed by atoms with Gasteiger partial charge < -0.3 is 9.84 Å². The van der Waals surface area contributed by atoms with Crippen LogP contribution in [0.2, 0.25) is 0 Å². The number of halogens is 1. The van der Waals surface area contributed by atoms with Gasteiger partial charge in [0.15, 0.2) is 5.78 Å². The van der Waals surface area contributed by atoms with Crippen LogP contribution in [0.3, 0.4) is 0 Å². The molecule has 10 atom stereocenters. The molecular formula is C29H36FNO3. The number of aliphatic hydroxyl groups is 1. The Morgan fingerprint density at radius 2 is 1.91 bits per heavy atom. The van der Waals surface area contributed by atoms with Crippen LogP contribution >= 0.6 is 0 Å². The fraction of sp³-hybridized carbons (Fsp3) is 0.724. The molecule has 0 unspecified atom stereocenters. The Kier molecular flexibility index (Phi) is 5.16. The summed E-state index contributed by atoms with van der Waals surface area (Å²) in [4.78, 5) is 13.5. The van der Waals surface area contributed by atoms with E-state index in [4.69, 9.17) is 4.74 Å². The van der Waals surface area contributed by atoms with Gasteiger partial charge in [-0.1, -0.05) is 6.92 Å². The van der Waals surface area contributed by atoms with Gasteiger partial charge in [-0.15, -0.1) is 0 Å². The molecule has 1 aromatic carbocycles. The molecule has 1 N–H and O–H groups in total. The van der Waals surface area contributed by atoms with E-state index in [1.165, 1.54) is 37.8 Å². The maximum Gasteiger partial charge on any atom is 0.174 e. The van der Waals surface area contributed by atoms with Crippen LogP contribution in [0.25, 0.3) is 0 Å². The van der Waals surface area contributed by atoms with Crippen molar-refractivity contribution in [1.29, 1.82) is 5.26 Å². The Morgan fingerprint density at radius 3 is 2.71 bits per heavy atom. The summed E-state index contributed by atoms with van der Waals surface area (Å²) in [7, 11) is 0. The number of benzene rings is 1. The van der Waals surface area contributed by atoms with Gasteiger partial charge >= 0.3 is 0 Å². The van der Waals surface area contributed by atoms with Crippen molar-refractivity contribution < 1.29 is 19.0 Å². The summed E-state index contributed by atoms with van der Waals surface area (Å²) in [5, 5.41) is 19.9. The van der Waals surface area contributed by atoms with Crippen molar-refractivity contribution in [1.82, 2.24) is 0 Å². The van der Waals surface area contributed by atoms with Gasteiger partial charge in [-0.25, -0.2) is 4.39 Å². The highest BCUT2D eigenvalue weighted by molar-refractivity contribution is 5.84. The molecule has 0 amide bonds. The zero-order chi connectivity index (χ0) is 23.8. The van der Waals surface area contributed by atoms with E-state index in [2.05, 4.69) is 6.92 Å². The number of carbonyl (C=O) groups excluding carboxylic acids is 1. The highest BCUT2D eigenvalue weighted by atomic mass is 19.1. The molecule has 0 aliphatic heterocycles. The zero-order valence-electron chi connectivity index (χ0n) is 20.3. The number of hydrogen-bond donors (Lipinski definition) is 1. The van der Waals surface area contributed by atoms with Gasteiger partial charge in [0.25, 0.3) is 0 Å². The van der Waals surface area contributed by atoms with Gasteiger partial charge in [0.05, 0.1) is 11.2 Å². The molecule has 0 bridgehead atoms. The lowest BCUT2D eigenvalue weighted by atomic mass is 9.48. The number of ether oxygens (including phenoxy) is 1. The lowest BCUT2D eigenvalue weighted by Crippen LogP contribution is -2.52. The van der Waals surface area contributed by atoms with Crippen molar-refractivity contribution in [3.8, 4) is 11.8 Å². The van der Waals surface area contributed by atoms with E-state index in [0.717, 1.165) is 49.5 Å². The lowest BCUT2D eigenvalue weighted by molar-refractivity contribution is -0.137. The molecule has 0 spiro atoms. The van der Waals surface area contributed by atoms with Gasteiger partial charge in [0.1, 0.15) is 24.2 Å². The second-order valence-corrected chi connectivity index (χ2v) is 12.7. The topological polar surface area (TPSA) is 70.3 Å². The van der Waals surface area contributed by atoms with Crippen LogP contribution in [0.1, 0.15) is 70.8 Å². The zero-order valence-corrected chi connectivity index (χ0v) is 20.3. The van der Waals surface area contributed by atoms with Crippen molar-refractivity contribution >= 4 is 5.78 Å². The highest BCUT2D eigenvalue weighted by Gasteiger charge is 2.70. The van der Waals surface area contributed by atoms with Crippen molar-refractivity contribution in [3.05, 3.63) is 29.6 Å². The molecule has 5 aliphatic rings. The van der Waals surface area contributed by atoms with Crippen LogP contribution in [0, 0.1) is 69.9 Å². The number of Topliss-reactive ketones (excluding diaryl/α,β-unsaturated/α-hetero) is 1. The highest BCUT2D eigenvalue weighted by Crippen LogP contribution is 2.74. The third-order valence-corrected chi connectivity index (χ3v) is 10.8. The van der Waals surface area contributed by atoms with E-state index in [1.807, 2.05) is 13.0 Å². The van der Waals surface area contributed by atoms with Crippen molar-refractivity contribution in [3.63, 3.8) is 0 Å². The minimum absolute atomic E-state index is 0.0373. The Bertz CT molecular complexity index is 1050. The third-order valence-electron chi connectivity index (χ3n) is 10.8. The van der Waals surface area contributed by atoms with E-state index < -0.39 is 11.4 Å². The third kappa shape index (κ3) is 3.43. The van der Waals surface area contributed by atoms with E-state index >= 15 is 0 Å². The number of fused-ring (bicyclic) bond motifs is 7. The molecule has 6 rings (SSSR count). The largest absolute Gasteiger partial charge is 0.484 e. The number of ketones is 1. The van der Waals surface area contributed by atoms with E-state index in [0.29, 0.717) is 29.4 Å². The van der Waals surface area contributed by atoms with Crippen LogP contribution < -0.4 is 4.74 Å². The first kappa shape index (κ1) is 22.5. The normalized spacial score (nSPS) is 46.3. The summed E-state index contributed by atoms with van der Waals surface area (Å²) < 4.78 is 19.2. The summed E-state index contributed by atoms with van der Waals surface area (Å²) in [5.74, 6) is 4.71. The van der Waals surface area contributed by atoms with Crippen molar-refractivity contribution in [2.45, 2.75) is 70.8 Å². The quantitative estimate of drug-likeness (QED) is 0.636. The SMILES string of the molecule is C[C@@]1(O)CC[C@H]2[C@H](CC[C@@H]3[C@@H]2CC[C@@]2(C)[C@H]3[C@@H]3C[C@@H]3[C@@H]2C(=O)COc2ccc(F)cc2C#N)C1. The first-order chi connectivity index (χ1) is 16.2. The Hall–Kier alpha value is -1.93. The van der Waals surface area contributed by atoms with Crippen LogP contribution in [0.15, 0.2) is 18.2 Å². The predicted molar refractivity (Wildman–Crippen MR) is 125 cm³/mol. The number of hydrogen-bond acceptors (Lipinski definition) is 4. The smallest absolute Gasteiger partial charge is 0.174 e. The van der Waals surface area contributed by atoms with Gasteiger partial charge in [-0.3, -0.25) is 4.79 Å².